The molecule has 0 unspecified atom stereocenters. The van der Waals surface area contributed by atoms with Gasteiger partial charge in [-0.2, -0.15) is 0 Å². The predicted octanol–water partition coefficient (Wildman–Crippen LogP) is 5.55. The summed E-state index contributed by atoms with van der Waals surface area (Å²) < 4.78 is 25.1. The van der Waals surface area contributed by atoms with Crippen LogP contribution in [0, 0.1) is 18.7 Å². The summed E-state index contributed by atoms with van der Waals surface area (Å²) in [7, 11) is 1.58. The number of hydrogen-bond acceptors (Lipinski definition) is 5. The van der Waals surface area contributed by atoms with Crippen LogP contribution in [0.5, 0.6) is 11.5 Å². The van der Waals surface area contributed by atoms with Gasteiger partial charge in [0.2, 0.25) is 0 Å². The molecule has 0 saturated heterocycles. The van der Waals surface area contributed by atoms with Crippen molar-refractivity contribution in [1.82, 2.24) is 4.98 Å². The van der Waals surface area contributed by atoms with Crippen LogP contribution in [0.25, 0.3) is 10.6 Å². The summed E-state index contributed by atoms with van der Waals surface area (Å²) in [5.74, 6) is 0.722. The molecular weight excluding hydrogens is 391 g/mol. The highest BCUT2D eigenvalue weighted by Gasteiger charge is 2.15. The van der Waals surface area contributed by atoms with E-state index in [0.29, 0.717) is 29.0 Å². The van der Waals surface area contributed by atoms with Crippen molar-refractivity contribution < 1.29 is 18.7 Å². The van der Waals surface area contributed by atoms with Crippen LogP contribution in [0.2, 0.25) is 0 Å². The van der Waals surface area contributed by atoms with E-state index in [1.807, 2.05) is 25.1 Å². The van der Waals surface area contributed by atoms with Crippen molar-refractivity contribution in [2.24, 2.45) is 5.92 Å². The summed E-state index contributed by atoms with van der Waals surface area (Å²) in [5.41, 5.74) is 2.03. The standard InChI is InChI=1S/C22H23FN2O3S/c1-13(2)11-28-19-8-6-15(10-20(19)27-4)22-25-18(12-29-22)21(26)24-17-9-14(3)5-7-16(17)23/h5-10,12-13H,11H2,1-4H3,(H,24,26). The Bertz CT molecular complexity index is 1020. The van der Waals surface area contributed by atoms with E-state index in [1.165, 1.54) is 17.4 Å². The van der Waals surface area contributed by atoms with E-state index in [0.717, 1.165) is 11.1 Å². The molecule has 1 aromatic heterocycles. The number of anilines is 1. The predicted molar refractivity (Wildman–Crippen MR) is 114 cm³/mol. The number of carbonyl (C=O) groups is 1. The van der Waals surface area contributed by atoms with Gasteiger partial charge in [0.15, 0.2) is 11.5 Å². The van der Waals surface area contributed by atoms with Gasteiger partial charge in [-0.25, -0.2) is 9.37 Å². The molecule has 0 aliphatic heterocycles. The maximum absolute atomic E-state index is 13.9. The lowest BCUT2D eigenvalue weighted by molar-refractivity contribution is 0.102. The van der Waals surface area contributed by atoms with Crippen molar-refractivity contribution in [3.8, 4) is 22.1 Å². The summed E-state index contributed by atoms with van der Waals surface area (Å²) in [5, 5.41) is 4.88. The zero-order valence-electron chi connectivity index (χ0n) is 16.8. The minimum absolute atomic E-state index is 0.137. The second kappa shape index (κ2) is 9.05. The molecule has 3 aromatic rings. The van der Waals surface area contributed by atoms with E-state index < -0.39 is 11.7 Å². The Hall–Kier alpha value is -2.93. The molecule has 0 spiro atoms. The molecule has 0 bridgehead atoms. The molecule has 0 fully saturated rings. The molecule has 5 nitrogen and oxygen atoms in total. The number of carbonyl (C=O) groups excluding carboxylic acids is 1. The normalized spacial score (nSPS) is 10.8. The molecule has 0 radical (unpaired) electrons. The van der Waals surface area contributed by atoms with Crippen molar-refractivity contribution in [1.29, 1.82) is 0 Å². The molecule has 0 aliphatic carbocycles. The number of thiazole rings is 1. The van der Waals surface area contributed by atoms with Gasteiger partial charge >= 0.3 is 0 Å². The number of amides is 1. The molecule has 2 aromatic carbocycles. The number of halogens is 1. The van der Waals surface area contributed by atoms with E-state index in [2.05, 4.69) is 24.1 Å². The highest BCUT2D eigenvalue weighted by atomic mass is 32.1. The van der Waals surface area contributed by atoms with Crippen molar-refractivity contribution in [2.45, 2.75) is 20.8 Å². The fourth-order valence-corrected chi connectivity index (χ4v) is 3.41. The number of hydrogen-bond donors (Lipinski definition) is 1. The number of rotatable bonds is 7. The van der Waals surface area contributed by atoms with Gasteiger partial charge < -0.3 is 14.8 Å². The van der Waals surface area contributed by atoms with Crippen LogP contribution in [0.15, 0.2) is 41.8 Å². The molecular formula is C22H23FN2O3S. The number of nitrogens with one attached hydrogen (secondary N) is 1. The highest BCUT2D eigenvalue weighted by Crippen LogP contribution is 2.34. The third kappa shape index (κ3) is 5.12. The van der Waals surface area contributed by atoms with Crippen molar-refractivity contribution in [2.75, 3.05) is 19.0 Å². The Labute approximate surface area is 173 Å². The van der Waals surface area contributed by atoms with Gasteiger partial charge in [0.1, 0.15) is 16.5 Å². The van der Waals surface area contributed by atoms with E-state index in [1.54, 1.807) is 24.6 Å². The van der Waals surface area contributed by atoms with Crippen LogP contribution in [0.3, 0.4) is 0 Å². The average molecular weight is 415 g/mol. The van der Waals surface area contributed by atoms with E-state index in [4.69, 9.17) is 9.47 Å². The minimum atomic E-state index is -0.485. The number of methoxy groups -OCH3 is 1. The van der Waals surface area contributed by atoms with E-state index in [-0.39, 0.29) is 11.4 Å². The number of aryl methyl sites for hydroxylation is 1. The highest BCUT2D eigenvalue weighted by molar-refractivity contribution is 7.13. The summed E-state index contributed by atoms with van der Waals surface area (Å²) in [6, 6.07) is 10.1. The third-order valence-electron chi connectivity index (χ3n) is 4.09. The van der Waals surface area contributed by atoms with Gasteiger partial charge in [-0.05, 0) is 48.7 Å². The Balaban J connectivity index is 1.78. The Morgan fingerprint density at radius 2 is 2.00 bits per heavy atom. The van der Waals surface area contributed by atoms with Crippen LogP contribution in [-0.4, -0.2) is 24.6 Å². The van der Waals surface area contributed by atoms with Crippen LogP contribution in [-0.2, 0) is 0 Å². The first-order chi connectivity index (χ1) is 13.9. The summed E-state index contributed by atoms with van der Waals surface area (Å²) >= 11 is 1.33. The molecule has 1 N–H and O–H groups in total. The Kier molecular flexibility index (Phi) is 6.49. The lowest BCUT2D eigenvalue weighted by Crippen LogP contribution is -2.13. The summed E-state index contributed by atoms with van der Waals surface area (Å²) in [4.78, 5) is 16.9. The number of nitrogens with zero attached hydrogens (tertiary/aromatic N) is 1. The van der Waals surface area contributed by atoms with Crippen LogP contribution in [0.1, 0.15) is 29.9 Å². The lowest BCUT2D eigenvalue weighted by atomic mass is 10.2. The molecule has 0 saturated carbocycles. The van der Waals surface area contributed by atoms with Gasteiger partial charge in [0, 0.05) is 10.9 Å². The zero-order chi connectivity index (χ0) is 21.0. The van der Waals surface area contributed by atoms with Gasteiger partial charge in [0.05, 0.1) is 19.4 Å². The largest absolute Gasteiger partial charge is 0.493 e. The monoisotopic (exact) mass is 414 g/mol. The molecule has 0 atom stereocenters. The Morgan fingerprint density at radius 1 is 1.21 bits per heavy atom. The summed E-state index contributed by atoms with van der Waals surface area (Å²) in [6.45, 7) is 6.57. The smallest absolute Gasteiger partial charge is 0.275 e. The van der Waals surface area contributed by atoms with Gasteiger partial charge in [-0.3, -0.25) is 4.79 Å². The first kappa shape index (κ1) is 20.8. The SMILES string of the molecule is COc1cc(-c2nc(C(=O)Nc3cc(C)ccc3F)cs2)ccc1OCC(C)C. The van der Waals surface area contributed by atoms with Crippen molar-refractivity contribution in [3.05, 3.63) is 58.9 Å². The Morgan fingerprint density at radius 3 is 2.72 bits per heavy atom. The molecule has 0 aliphatic rings. The van der Waals surface area contributed by atoms with Crippen LogP contribution < -0.4 is 14.8 Å². The van der Waals surface area contributed by atoms with E-state index in [9.17, 15) is 9.18 Å². The topological polar surface area (TPSA) is 60.5 Å². The molecule has 29 heavy (non-hydrogen) atoms. The molecule has 152 valence electrons. The number of aromatic nitrogens is 1. The first-order valence-corrected chi connectivity index (χ1v) is 10.1. The fraction of sp³-hybridized carbons (Fsp3) is 0.273. The molecule has 1 amide bonds. The van der Waals surface area contributed by atoms with Crippen LogP contribution >= 0.6 is 11.3 Å². The molecule has 3 rings (SSSR count). The molecule has 7 heteroatoms. The van der Waals surface area contributed by atoms with E-state index >= 15 is 0 Å². The lowest BCUT2D eigenvalue weighted by Gasteiger charge is -2.13. The number of ether oxygens (including phenoxy) is 2. The second-order valence-electron chi connectivity index (χ2n) is 7.05. The average Bonchev–Trinajstić information content (AvgIpc) is 3.19. The quantitative estimate of drug-likeness (QED) is 0.550. The van der Waals surface area contributed by atoms with Gasteiger partial charge in [-0.1, -0.05) is 19.9 Å². The fourth-order valence-electron chi connectivity index (χ4n) is 2.61. The van der Waals surface area contributed by atoms with Gasteiger partial charge in [0.25, 0.3) is 5.91 Å². The second-order valence-corrected chi connectivity index (χ2v) is 7.90. The maximum atomic E-state index is 13.9. The first-order valence-electron chi connectivity index (χ1n) is 9.21. The van der Waals surface area contributed by atoms with Crippen molar-refractivity contribution in [3.63, 3.8) is 0 Å². The summed E-state index contributed by atoms with van der Waals surface area (Å²) in [6.07, 6.45) is 0. The third-order valence-corrected chi connectivity index (χ3v) is 4.98. The number of benzene rings is 2. The van der Waals surface area contributed by atoms with Gasteiger partial charge in [-0.15, -0.1) is 11.3 Å². The molecule has 1 heterocycles. The van der Waals surface area contributed by atoms with Crippen LogP contribution in [0.4, 0.5) is 10.1 Å². The van der Waals surface area contributed by atoms with Crippen molar-refractivity contribution >= 4 is 22.9 Å². The maximum Gasteiger partial charge on any atom is 0.275 e. The zero-order valence-corrected chi connectivity index (χ0v) is 17.6. The minimum Gasteiger partial charge on any atom is -0.493 e.